The molecule has 11 heavy (non-hydrogen) atoms. The van der Waals surface area contributed by atoms with Gasteiger partial charge in [-0.1, -0.05) is 12.0 Å². The molecule has 62 valence electrons. The molecule has 0 amide bonds. The predicted molar refractivity (Wildman–Crippen MR) is 45.4 cm³/mol. The van der Waals surface area contributed by atoms with Gasteiger partial charge in [0.2, 0.25) is 0 Å². The minimum Gasteiger partial charge on any atom is -0.389 e. The highest BCUT2D eigenvalue weighted by molar-refractivity contribution is 5.23. The van der Waals surface area contributed by atoms with Crippen LogP contribution in [0.3, 0.4) is 0 Å². The lowest BCUT2D eigenvalue weighted by Crippen LogP contribution is -2.07. The summed E-state index contributed by atoms with van der Waals surface area (Å²) in [6.45, 7) is 0. The van der Waals surface area contributed by atoms with E-state index in [0.717, 1.165) is 6.42 Å². The Morgan fingerprint density at radius 2 is 1.82 bits per heavy atom. The standard InChI is InChI=1S/C10H16O/c11-10-7-2-1-4-8-5-3-6-9(8)10/h10-11H,1-7H2. The average molecular weight is 152 g/mol. The summed E-state index contributed by atoms with van der Waals surface area (Å²) in [6, 6.07) is 0. The SMILES string of the molecule is OC1CCCCC2=C1CCC2. The van der Waals surface area contributed by atoms with Crippen molar-refractivity contribution in [1.29, 1.82) is 0 Å². The Bertz CT molecular complexity index is 181. The van der Waals surface area contributed by atoms with Crippen molar-refractivity contribution in [3.63, 3.8) is 0 Å². The predicted octanol–water partition coefficient (Wildman–Crippen LogP) is 2.40. The minimum absolute atomic E-state index is 0.0741. The Kier molecular flexibility index (Phi) is 1.99. The van der Waals surface area contributed by atoms with Crippen molar-refractivity contribution in [3.05, 3.63) is 11.1 Å². The number of aliphatic hydroxyl groups is 1. The molecule has 0 radical (unpaired) electrons. The smallest absolute Gasteiger partial charge is 0.0752 e. The number of rotatable bonds is 0. The second kappa shape index (κ2) is 2.98. The molecular formula is C10H16O. The van der Waals surface area contributed by atoms with E-state index in [1.807, 2.05) is 0 Å². The van der Waals surface area contributed by atoms with E-state index in [-0.39, 0.29) is 6.10 Å². The number of hydrogen-bond acceptors (Lipinski definition) is 1. The fourth-order valence-electron chi connectivity index (χ4n) is 2.37. The van der Waals surface area contributed by atoms with Gasteiger partial charge in [0.1, 0.15) is 0 Å². The van der Waals surface area contributed by atoms with Gasteiger partial charge in [-0.2, -0.15) is 0 Å². The van der Waals surface area contributed by atoms with Crippen LogP contribution in [0.15, 0.2) is 11.1 Å². The third-order valence-corrected chi connectivity index (χ3v) is 2.99. The lowest BCUT2D eigenvalue weighted by Gasteiger charge is -2.09. The highest BCUT2D eigenvalue weighted by atomic mass is 16.3. The van der Waals surface area contributed by atoms with Crippen molar-refractivity contribution in [2.75, 3.05) is 0 Å². The van der Waals surface area contributed by atoms with Crippen molar-refractivity contribution < 1.29 is 5.11 Å². The first-order chi connectivity index (χ1) is 5.38. The van der Waals surface area contributed by atoms with E-state index in [1.165, 1.54) is 44.1 Å². The van der Waals surface area contributed by atoms with Gasteiger partial charge in [-0.25, -0.2) is 0 Å². The molecule has 0 aromatic rings. The average Bonchev–Trinajstić information content (AvgIpc) is 2.40. The van der Waals surface area contributed by atoms with Crippen molar-refractivity contribution in [1.82, 2.24) is 0 Å². The van der Waals surface area contributed by atoms with Crippen LogP contribution in [-0.2, 0) is 0 Å². The molecule has 0 aromatic carbocycles. The maximum Gasteiger partial charge on any atom is 0.0752 e. The van der Waals surface area contributed by atoms with Crippen LogP contribution in [-0.4, -0.2) is 11.2 Å². The molecule has 1 nitrogen and oxygen atoms in total. The summed E-state index contributed by atoms with van der Waals surface area (Å²) in [6.07, 6.45) is 8.47. The molecule has 1 atom stereocenters. The quantitative estimate of drug-likeness (QED) is 0.528. The monoisotopic (exact) mass is 152 g/mol. The molecule has 1 unspecified atom stereocenters. The lowest BCUT2D eigenvalue weighted by atomic mass is 10.0. The second-order valence-electron chi connectivity index (χ2n) is 3.74. The molecule has 0 saturated carbocycles. The summed E-state index contributed by atoms with van der Waals surface area (Å²) in [5, 5.41) is 9.70. The van der Waals surface area contributed by atoms with E-state index < -0.39 is 0 Å². The Labute approximate surface area is 68.1 Å². The highest BCUT2D eigenvalue weighted by Crippen LogP contribution is 2.35. The molecule has 2 aliphatic rings. The summed E-state index contributed by atoms with van der Waals surface area (Å²) < 4.78 is 0. The van der Waals surface area contributed by atoms with E-state index in [0.29, 0.717) is 0 Å². The van der Waals surface area contributed by atoms with Crippen LogP contribution in [0.4, 0.5) is 0 Å². The first kappa shape index (κ1) is 7.35. The highest BCUT2D eigenvalue weighted by Gasteiger charge is 2.22. The van der Waals surface area contributed by atoms with Crippen LogP contribution >= 0.6 is 0 Å². The van der Waals surface area contributed by atoms with Gasteiger partial charge in [0.05, 0.1) is 6.10 Å². The molecule has 0 heterocycles. The normalized spacial score (nSPS) is 31.9. The van der Waals surface area contributed by atoms with Gasteiger partial charge in [-0.15, -0.1) is 0 Å². The Morgan fingerprint density at radius 1 is 1.00 bits per heavy atom. The van der Waals surface area contributed by atoms with Crippen LogP contribution in [0.25, 0.3) is 0 Å². The summed E-state index contributed by atoms with van der Waals surface area (Å²) in [4.78, 5) is 0. The van der Waals surface area contributed by atoms with Gasteiger partial charge < -0.3 is 5.11 Å². The Morgan fingerprint density at radius 3 is 2.73 bits per heavy atom. The second-order valence-corrected chi connectivity index (χ2v) is 3.74. The Hall–Kier alpha value is -0.300. The zero-order chi connectivity index (χ0) is 7.68. The maximum atomic E-state index is 9.70. The van der Waals surface area contributed by atoms with E-state index in [4.69, 9.17) is 0 Å². The fourth-order valence-corrected chi connectivity index (χ4v) is 2.37. The first-order valence-electron chi connectivity index (χ1n) is 4.77. The zero-order valence-corrected chi connectivity index (χ0v) is 6.97. The first-order valence-corrected chi connectivity index (χ1v) is 4.77. The van der Waals surface area contributed by atoms with Crippen LogP contribution in [0, 0.1) is 0 Å². The van der Waals surface area contributed by atoms with Crippen molar-refractivity contribution in [3.8, 4) is 0 Å². The van der Waals surface area contributed by atoms with Crippen molar-refractivity contribution >= 4 is 0 Å². The van der Waals surface area contributed by atoms with Gasteiger partial charge in [-0.05, 0) is 44.1 Å². The van der Waals surface area contributed by atoms with E-state index >= 15 is 0 Å². The van der Waals surface area contributed by atoms with Crippen molar-refractivity contribution in [2.45, 2.75) is 51.0 Å². The van der Waals surface area contributed by atoms with Gasteiger partial charge in [-0.3, -0.25) is 0 Å². The number of hydrogen-bond donors (Lipinski definition) is 1. The van der Waals surface area contributed by atoms with E-state index in [1.54, 1.807) is 5.57 Å². The summed E-state index contributed by atoms with van der Waals surface area (Å²) in [5.74, 6) is 0. The van der Waals surface area contributed by atoms with Crippen molar-refractivity contribution in [2.24, 2.45) is 0 Å². The van der Waals surface area contributed by atoms with Gasteiger partial charge in [0.15, 0.2) is 0 Å². The largest absolute Gasteiger partial charge is 0.389 e. The molecule has 1 heteroatoms. The molecule has 0 bridgehead atoms. The molecule has 0 aliphatic heterocycles. The molecule has 1 N–H and O–H groups in total. The molecule has 0 saturated heterocycles. The molecule has 2 aliphatic carbocycles. The number of allylic oxidation sites excluding steroid dienone is 1. The summed E-state index contributed by atoms with van der Waals surface area (Å²) >= 11 is 0. The van der Waals surface area contributed by atoms with E-state index in [2.05, 4.69) is 0 Å². The van der Waals surface area contributed by atoms with Crippen LogP contribution in [0.2, 0.25) is 0 Å². The minimum atomic E-state index is -0.0741. The molecule has 2 rings (SSSR count). The summed E-state index contributed by atoms with van der Waals surface area (Å²) in [5.41, 5.74) is 3.00. The van der Waals surface area contributed by atoms with Crippen LogP contribution < -0.4 is 0 Å². The molecular weight excluding hydrogens is 136 g/mol. The number of aliphatic hydroxyl groups excluding tert-OH is 1. The van der Waals surface area contributed by atoms with Gasteiger partial charge >= 0.3 is 0 Å². The van der Waals surface area contributed by atoms with Gasteiger partial charge in [0.25, 0.3) is 0 Å². The third kappa shape index (κ3) is 1.34. The lowest BCUT2D eigenvalue weighted by molar-refractivity contribution is 0.196. The van der Waals surface area contributed by atoms with E-state index in [9.17, 15) is 5.11 Å². The zero-order valence-electron chi connectivity index (χ0n) is 6.97. The Balaban J connectivity index is 2.18. The topological polar surface area (TPSA) is 20.2 Å². The molecule has 0 spiro atoms. The van der Waals surface area contributed by atoms with Gasteiger partial charge in [0, 0.05) is 0 Å². The fraction of sp³-hybridized carbons (Fsp3) is 0.800. The third-order valence-electron chi connectivity index (χ3n) is 2.99. The van der Waals surface area contributed by atoms with Crippen LogP contribution in [0.5, 0.6) is 0 Å². The summed E-state index contributed by atoms with van der Waals surface area (Å²) in [7, 11) is 0. The maximum absolute atomic E-state index is 9.70. The van der Waals surface area contributed by atoms with Crippen LogP contribution in [0.1, 0.15) is 44.9 Å². The molecule has 0 fully saturated rings. The molecule has 0 aromatic heterocycles.